The Balaban J connectivity index is 1.62. The van der Waals surface area contributed by atoms with Crippen molar-refractivity contribution in [2.24, 2.45) is 4.99 Å². The fourth-order valence-corrected chi connectivity index (χ4v) is 3.15. The van der Waals surface area contributed by atoms with Crippen molar-refractivity contribution < 1.29 is 4.39 Å². The number of anilines is 1. The van der Waals surface area contributed by atoms with E-state index in [0.29, 0.717) is 16.9 Å². The summed E-state index contributed by atoms with van der Waals surface area (Å²) in [4.78, 5) is 31.1. The van der Waals surface area contributed by atoms with E-state index >= 15 is 0 Å². The number of nitrogens with zero attached hydrogens (tertiary/aromatic N) is 7. The molecule has 5 rings (SSSR count). The van der Waals surface area contributed by atoms with Crippen molar-refractivity contribution in [2.75, 3.05) is 4.90 Å². The summed E-state index contributed by atoms with van der Waals surface area (Å²) in [5.74, 6) is -0.352. The number of allylic oxidation sites excluding steroid dienone is 1. The molecule has 0 radical (unpaired) electrons. The average Bonchev–Trinajstić information content (AvgIpc) is 2.90. The first-order chi connectivity index (χ1) is 14.1. The van der Waals surface area contributed by atoms with Gasteiger partial charge in [0.25, 0.3) is 0 Å². The number of pyridine rings is 2. The van der Waals surface area contributed by atoms with Gasteiger partial charge < -0.3 is 9.30 Å². The molecular formula is C20H14FN7O. The summed E-state index contributed by atoms with van der Waals surface area (Å²) < 4.78 is 17.3. The molecule has 8 nitrogen and oxygen atoms in total. The van der Waals surface area contributed by atoms with E-state index < -0.39 is 11.5 Å². The Morgan fingerprint density at radius 2 is 1.93 bits per heavy atom. The molecule has 0 bridgehead atoms. The molecule has 1 aliphatic heterocycles. The number of fused-ring (bicyclic) bond motifs is 2. The summed E-state index contributed by atoms with van der Waals surface area (Å²) in [5.41, 5.74) is 1.95. The Kier molecular flexibility index (Phi) is 3.80. The molecular weight excluding hydrogens is 373 g/mol. The first-order valence-electron chi connectivity index (χ1n) is 8.79. The maximum Gasteiger partial charge on any atom is 0.355 e. The second-order valence-corrected chi connectivity index (χ2v) is 6.48. The van der Waals surface area contributed by atoms with Crippen molar-refractivity contribution in [3.63, 3.8) is 0 Å². The van der Waals surface area contributed by atoms with E-state index in [0.717, 1.165) is 5.69 Å². The molecule has 4 aromatic rings. The predicted molar refractivity (Wildman–Crippen MR) is 107 cm³/mol. The van der Waals surface area contributed by atoms with Crippen LogP contribution in [0.2, 0.25) is 0 Å². The lowest BCUT2D eigenvalue weighted by molar-refractivity contribution is 0.630. The van der Waals surface area contributed by atoms with E-state index in [4.69, 9.17) is 0 Å². The third kappa shape index (κ3) is 2.98. The number of aliphatic imine (C=N–C) groups is 1. The second kappa shape index (κ2) is 6.48. The fraction of sp³-hybridized carbons (Fsp3) is 0.0500. The normalized spacial score (nSPS) is 13.5. The second-order valence-electron chi connectivity index (χ2n) is 6.48. The van der Waals surface area contributed by atoms with Crippen LogP contribution in [-0.2, 0) is 0 Å². The number of aryl methyl sites for hydroxylation is 1. The summed E-state index contributed by atoms with van der Waals surface area (Å²) in [6.07, 6.45) is 13.7. The molecule has 0 saturated carbocycles. The number of hydrogen-bond donors (Lipinski definition) is 0. The van der Waals surface area contributed by atoms with Gasteiger partial charge in [0, 0.05) is 49.0 Å². The van der Waals surface area contributed by atoms with Gasteiger partial charge in [-0.1, -0.05) is 0 Å². The van der Waals surface area contributed by atoms with Crippen molar-refractivity contribution in [3.05, 3.63) is 83.5 Å². The van der Waals surface area contributed by atoms with Crippen molar-refractivity contribution in [3.8, 4) is 11.4 Å². The smallest absolute Gasteiger partial charge is 0.321 e. The minimum Gasteiger partial charge on any atom is -0.321 e. The molecule has 9 heteroatoms. The Morgan fingerprint density at radius 1 is 1.03 bits per heavy atom. The third-order valence-electron chi connectivity index (χ3n) is 4.45. The van der Waals surface area contributed by atoms with E-state index in [9.17, 15) is 9.18 Å². The van der Waals surface area contributed by atoms with Gasteiger partial charge in [-0.05, 0) is 31.2 Å². The third-order valence-corrected chi connectivity index (χ3v) is 4.45. The predicted octanol–water partition coefficient (Wildman–Crippen LogP) is 2.73. The monoisotopic (exact) mass is 387 g/mol. The molecule has 5 heterocycles. The number of hydrogen-bond acceptors (Lipinski definition) is 6. The highest BCUT2D eigenvalue weighted by Crippen LogP contribution is 2.21. The largest absolute Gasteiger partial charge is 0.355 e. The first-order valence-corrected chi connectivity index (χ1v) is 8.79. The van der Waals surface area contributed by atoms with Crippen LogP contribution in [-0.4, -0.2) is 30.0 Å². The molecule has 0 atom stereocenters. The SMILES string of the molecule is Cc1cn2cc(-c3nc(=O)n4cc(N5C=CC=NC=C5)ccc4n3)cc(F)c2n1. The minimum atomic E-state index is -0.506. The van der Waals surface area contributed by atoms with E-state index in [-0.39, 0.29) is 11.5 Å². The Labute approximate surface area is 163 Å². The molecule has 142 valence electrons. The highest BCUT2D eigenvalue weighted by Gasteiger charge is 2.13. The van der Waals surface area contributed by atoms with E-state index in [1.54, 1.807) is 60.7 Å². The first kappa shape index (κ1) is 17.0. The number of imidazole rings is 1. The van der Waals surface area contributed by atoms with Gasteiger partial charge in [-0.25, -0.2) is 23.6 Å². The quantitative estimate of drug-likeness (QED) is 0.528. The highest BCUT2D eigenvalue weighted by molar-refractivity contribution is 5.74. The van der Waals surface area contributed by atoms with Gasteiger partial charge >= 0.3 is 5.69 Å². The Bertz CT molecular complexity index is 1400. The van der Waals surface area contributed by atoms with Gasteiger partial charge in [0.15, 0.2) is 17.3 Å². The van der Waals surface area contributed by atoms with Crippen molar-refractivity contribution in [1.82, 2.24) is 23.8 Å². The molecule has 4 aromatic heterocycles. The molecule has 0 spiro atoms. The lowest BCUT2D eigenvalue weighted by Crippen LogP contribution is -2.20. The van der Waals surface area contributed by atoms with E-state index in [1.807, 2.05) is 17.2 Å². The van der Waals surface area contributed by atoms with Crippen LogP contribution in [0.4, 0.5) is 10.1 Å². The zero-order chi connectivity index (χ0) is 20.0. The van der Waals surface area contributed by atoms with Gasteiger partial charge in [0.1, 0.15) is 5.65 Å². The van der Waals surface area contributed by atoms with Crippen LogP contribution < -0.4 is 10.6 Å². The maximum absolute atomic E-state index is 14.4. The zero-order valence-electron chi connectivity index (χ0n) is 15.3. The molecule has 1 aliphatic rings. The lowest BCUT2D eigenvalue weighted by Gasteiger charge is -2.15. The molecule has 0 aliphatic carbocycles. The van der Waals surface area contributed by atoms with Crippen LogP contribution in [0.1, 0.15) is 5.69 Å². The standard InChI is InChI=1S/C20H14FN7O/c1-13-10-27-11-14(9-16(21)19(27)23-13)18-24-17-4-3-15(12-28(17)20(29)25-18)26-7-2-5-22-6-8-26/h2-12H,1H3. The number of rotatable bonds is 2. The van der Waals surface area contributed by atoms with Crippen molar-refractivity contribution >= 4 is 23.2 Å². The molecule has 0 fully saturated rings. The summed E-state index contributed by atoms with van der Waals surface area (Å²) in [5, 5.41) is 0. The zero-order valence-corrected chi connectivity index (χ0v) is 15.3. The molecule has 0 unspecified atom stereocenters. The summed E-state index contributed by atoms with van der Waals surface area (Å²) in [7, 11) is 0. The molecule has 0 amide bonds. The highest BCUT2D eigenvalue weighted by atomic mass is 19.1. The van der Waals surface area contributed by atoms with Crippen LogP contribution in [0.5, 0.6) is 0 Å². The van der Waals surface area contributed by atoms with Crippen molar-refractivity contribution in [1.29, 1.82) is 0 Å². The Hall–Kier alpha value is -4.14. The van der Waals surface area contributed by atoms with Gasteiger partial charge in [-0.3, -0.25) is 4.99 Å². The van der Waals surface area contributed by atoms with E-state index in [1.165, 1.54) is 10.5 Å². The average molecular weight is 387 g/mol. The summed E-state index contributed by atoms with van der Waals surface area (Å²) >= 11 is 0. The van der Waals surface area contributed by atoms with Crippen LogP contribution in [0.3, 0.4) is 0 Å². The van der Waals surface area contributed by atoms with Gasteiger partial charge in [0.05, 0.1) is 11.4 Å². The van der Waals surface area contributed by atoms with E-state index in [2.05, 4.69) is 19.9 Å². The van der Waals surface area contributed by atoms with Gasteiger partial charge in [0.2, 0.25) is 0 Å². The number of aromatic nitrogens is 5. The topological polar surface area (TPSA) is 80.2 Å². The maximum atomic E-state index is 14.4. The summed E-state index contributed by atoms with van der Waals surface area (Å²) in [6, 6.07) is 4.83. The van der Waals surface area contributed by atoms with Gasteiger partial charge in [-0.15, -0.1) is 0 Å². The minimum absolute atomic E-state index is 0.151. The summed E-state index contributed by atoms with van der Waals surface area (Å²) in [6.45, 7) is 1.78. The Morgan fingerprint density at radius 3 is 2.83 bits per heavy atom. The molecule has 0 saturated heterocycles. The van der Waals surface area contributed by atoms with Gasteiger partial charge in [-0.2, -0.15) is 4.98 Å². The van der Waals surface area contributed by atoms with Crippen LogP contribution >= 0.6 is 0 Å². The lowest BCUT2D eigenvalue weighted by atomic mass is 10.2. The molecule has 29 heavy (non-hydrogen) atoms. The number of halogens is 1. The molecule has 0 N–H and O–H groups in total. The van der Waals surface area contributed by atoms with Crippen LogP contribution in [0.25, 0.3) is 22.7 Å². The van der Waals surface area contributed by atoms with Crippen LogP contribution in [0.15, 0.2) is 71.3 Å². The molecule has 0 aromatic carbocycles. The fourth-order valence-electron chi connectivity index (χ4n) is 3.15. The van der Waals surface area contributed by atoms with Crippen LogP contribution in [0, 0.1) is 12.7 Å². The van der Waals surface area contributed by atoms with Crippen molar-refractivity contribution in [2.45, 2.75) is 6.92 Å².